The van der Waals surface area contributed by atoms with Crippen LogP contribution in [-0.2, 0) is 20.9 Å². The van der Waals surface area contributed by atoms with Crippen molar-refractivity contribution in [2.24, 2.45) is 0 Å². The van der Waals surface area contributed by atoms with Crippen LogP contribution < -0.4 is 15.4 Å². The summed E-state index contributed by atoms with van der Waals surface area (Å²) in [5.41, 5.74) is 1.72. The molecule has 2 aliphatic rings. The molecule has 0 spiro atoms. The first kappa shape index (κ1) is 27.6. The molecule has 2 aliphatic heterocycles. The van der Waals surface area contributed by atoms with E-state index in [1.807, 2.05) is 30.3 Å². The largest absolute Gasteiger partial charge is 0.453 e. The van der Waals surface area contributed by atoms with Gasteiger partial charge in [-0.15, -0.1) is 0 Å². The minimum Gasteiger partial charge on any atom is -0.453 e. The van der Waals surface area contributed by atoms with E-state index in [-0.39, 0.29) is 25.1 Å². The van der Waals surface area contributed by atoms with Crippen molar-refractivity contribution in [1.82, 2.24) is 30.5 Å². The van der Waals surface area contributed by atoms with Crippen molar-refractivity contribution in [3.05, 3.63) is 72.3 Å². The molecule has 14 heteroatoms. The lowest BCUT2D eigenvalue weighted by atomic mass is 10.2. The summed E-state index contributed by atoms with van der Waals surface area (Å²) in [6.07, 6.45) is 3.54. The second-order valence-electron chi connectivity index (χ2n) is 9.65. The first-order chi connectivity index (χ1) is 20.3. The third kappa shape index (κ3) is 5.90. The molecule has 11 nitrogen and oxygen atoms in total. The van der Waals surface area contributed by atoms with Gasteiger partial charge in [0, 0.05) is 48.2 Å². The van der Waals surface area contributed by atoms with Gasteiger partial charge in [0.05, 0.1) is 29.7 Å². The summed E-state index contributed by atoms with van der Waals surface area (Å²) in [6, 6.07) is 11.5. The molecule has 1 saturated heterocycles. The van der Waals surface area contributed by atoms with E-state index < -0.39 is 43.0 Å². The minimum atomic E-state index is -3.06. The minimum absolute atomic E-state index is 0.113. The van der Waals surface area contributed by atoms with Crippen LogP contribution in [0.25, 0.3) is 10.9 Å². The monoisotopic (exact) mass is 594 g/mol. The molecule has 0 bridgehead atoms. The van der Waals surface area contributed by atoms with Crippen molar-refractivity contribution in [2.75, 3.05) is 13.1 Å². The molecule has 216 valence electrons. The molecule has 0 unspecified atom stereocenters. The smallest absolute Gasteiger partial charge is 0.345 e. The molecule has 6 rings (SSSR count). The number of carbonyl (C=O) groups is 3. The number of carbonyl (C=O) groups excluding carboxylic acids is 3. The second-order valence-corrected chi connectivity index (χ2v) is 10.7. The molecular formula is C28H24F2N6O5S. The summed E-state index contributed by atoms with van der Waals surface area (Å²) in [6.45, 7) is -3.62. The SMILES string of the molecule is O=C(NCC(=O)N1C[C@H](OC(F)F)C[C@H]1C(=O)NCc1cc2cnccc2[nH]1)c1cnc2c(c1)Oc1ccccc1S2. The van der Waals surface area contributed by atoms with Crippen LogP contribution >= 0.6 is 11.8 Å². The summed E-state index contributed by atoms with van der Waals surface area (Å²) in [5, 5.41) is 6.74. The first-order valence-electron chi connectivity index (χ1n) is 13.0. The van der Waals surface area contributed by atoms with Crippen molar-refractivity contribution in [3.8, 4) is 11.5 Å². The number of hydrogen-bond donors (Lipinski definition) is 3. The number of aromatic amines is 1. The average molecular weight is 595 g/mol. The summed E-state index contributed by atoms with van der Waals surface area (Å²) in [4.78, 5) is 52.6. The van der Waals surface area contributed by atoms with Gasteiger partial charge in [0.25, 0.3) is 5.91 Å². The van der Waals surface area contributed by atoms with Gasteiger partial charge in [-0.2, -0.15) is 8.78 Å². The van der Waals surface area contributed by atoms with E-state index in [9.17, 15) is 23.2 Å². The zero-order valence-electron chi connectivity index (χ0n) is 21.9. The number of para-hydroxylation sites is 1. The zero-order chi connectivity index (χ0) is 29.2. The van der Waals surface area contributed by atoms with Gasteiger partial charge < -0.3 is 30.0 Å². The molecule has 0 radical (unpaired) electrons. The van der Waals surface area contributed by atoms with Crippen molar-refractivity contribution < 1.29 is 32.6 Å². The summed E-state index contributed by atoms with van der Waals surface area (Å²) in [7, 11) is 0. The molecule has 3 N–H and O–H groups in total. The van der Waals surface area contributed by atoms with Crippen LogP contribution in [0.4, 0.5) is 8.78 Å². The van der Waals surface area contributed by atoms with E-state index in [0.717, 1.165) is 20.7 Å². The van der Waals surface area contributed by atoms with E-state index in [1.165, 1.54) is 24.0 Å². The molecule has 4 aromatic rings. The van der Waals surface area contributed by atoms with Crippen LogP contribution in [0, 0.1) is 0 Å². The van der Waals surface area contributed by atoms with Crippen LogP contribution in [0.15, 0.2) is 71.0 Å². The Bertz CT molecular complexity index is 1630. The highest BCUT2D eigenvalue weighted by Gasteiger charge is 2.41. The Kier molecular flexibility index (Phi) is 7.71. The van der Waals surface area contributed by atoms with E-state index in [2.05, 4.69) is 30.3 Å². The van der Waals surface area contributed by atoms with Crippen LogP contribution in [0.5, 0.6) is 11.5 Å². The van der Waals surface area contributed by atoms with E-state index in [4.69, 9.17) is 4.74 Å². The van der Waals surface area contributed by atoms with Crippen molar-refractivity contribution in [1.29, 1.82) is 0 Å². The number of ether oxygens (including phenoxy) is 2. The van der Waals surface area contributed by atoms with Crippen molar-refractivity contribution in [2.45, 2.75) is 41.6 Å². The lowest BCUT2D eigenvalue weighted by Gasteiger charge is -2.24. The normalized spacial score (nSPS) is 17.5. The summed E-state index contributed by atoms with van der Waals surface area (Å²) >= 11 is 1.41. The maximum Gasteiger partial charge on any atom is 0.345 e. The number of nitrogens with zero attached hydrogens (tertiary/aromatic N) is 3. The predicted octanol–water partition coefficient (Wildman–Crippen LogP) is 3.47. The van der Waals surface area contributed by atoms with Crippen LogP contribution in [0.3, 0.4) is 0 Å². The Labute approximate surface area is 242 Å². The standard InChI is InChI=1S/C28H24F2N6O5S/c29-28(30)40-18-9-20(26(39)32-12-17-7-15-10-31-6-5-19(15)35-17)36(14-18)24(37)13-33-25(38)16-8-22-27(34-11-16)42-23-4-2-1-3-21(23)41-22/h1-8,10-11,18,20,28,35H,9,12-14H2,(H,32,39)(H,33,38)/t18-,20+/m1/s1. The number of benzene rings is 1. The van der Waals surface area contributed by atoms with E-state index >= 15 is 0 Å². The molecule has 42 heavy (non-hydrogen) atoms. The van der Waals surface area contributed by atoms with Gasteiger partial charge in [-0.3, -0.25) is 19.4 Å². The Morgan fingerprint density at radius 3 is 2.83 bits per heavy atom. The average Bonchev–Trinajstić information content (AvgIpc) is 3.61. The highest BCUT2D eigenvalue weighted by atomic mass is 32.2. The summed E-state index contributed by atoms with van der Waals surface area (Å²) in [5.74, 6) is -0.676. The third-order valence-electron chi connectivity index (χ3n) is 6.87. The number of aromatic nitrogens is 3. The van der Waals surface area contributed by atoms with Gasteiger partial charge in [-0.05, 0) is 30.3 Å². The number of hydrogen-bond acceptors (Lipinski definition) is 8. The zero-order valence-corrected chi connectivity index (χ0v) is 22.7. The van der Waals surface area contributed by atoms with E-state index in [0.29, 0.717) is 22.2 Å². The molecule has 2 atom stereocenters. The van der Waals surface area contributed by atoms with Crippen molar-refractivity contribution >= 4 is 40.4 Å². The van der Waals surface area contributed by atoms with Crippen LogP contribution in [0.1, 0.15) is 22.5 Å². The van der Waals surface area contributed by atoms with Gasteiger partial charge >= 0.3 is 6.61 Å². The fourth-order valence-electron chi connectivity index (χ4n) is 4.90. The van der Waals surface area contributed by atoms with Gasteiger partial charge in [-0.25, -0.2) is 4.98 Å². The van der Waals surface area contributed by atoms with Gasteiger partial charge in [0.15, 0.2) is 5.75 Å². The number of pyridine rings is 2. The molecule has 3 amide bonds. The first-order valence-corrected chi connectivity index (χ1v) is 13.8. The lowest BCUT2D eigenvalue weighted by molar-refractivity contribution is -0.160. The number of alkyl halides is 2. The predicted molar refractivity (Wildman–Crippen MR) is 146 cm³/mol. The number of fused-ring (bicyclic) bond motifs is 3. The molecule has 0 saturated carbocycles. The fourth-order valence-corrected chi connectivity index (χ4v) is 5.77. The number of halogens is 2. The molecular weight excluding hydrogens is 570 g/mol. The maximum absolute atomic E-state index is 13.1. The molecule has 1 aromatic carbocycles. The highest BCUT2D eigenvalue weighted by Crippen LogP contribution is 2.45. The Morgan fingerprint density at radius 1 is 1.14 bits per heavy atom. The quantitative estimate of drug-likeness (QED) is 0.248. The van der Waals surface area contributed by atoms with Gasteiger partial charge in [-0.1, -0.05) is 23.9 Å². The number of nitrogens with one attached hydrogen (secondary N) is 3. The Balaban J connectivity index is 1.09. The molecule has 1 fully saturated rings. The maximum atomic E-state index is 13.1. The fraction of sp³-hybridized carbons (Fsp3) is 0.250. The second kappa shape index (κ2) is 11.7. The molecule has 5 heterocycles. The topological polar surface area (TPSA) is 139 Å². The number of likely N-dealkylation sites (tertiary alicyclic amines) is 1. The van der Waals surface area contributed by atoms with E-state index in [1.54, 1.807) is 18.5 Å². The Hall–Kier alpha value is -4.56. The van der Waals surface area contributed by atoms with Crippen molar-refractivity contribution in [3.63, 3.8) is 0 Å². The van der Waals surface area contributed by atoms with Crippen LogP contribution in [0.2, 0.25) is 0 Å². The Morgan fingerprint density at radius 2 is 2.00 bits per heavy atom. The third-order valence-corrected chi connectivity index (χ3v) is 7.92. The number of rotatable bonds is 8. The highest BCUT2D eigenvalue weighted by molar-refractivity contribution is 7.99. The molecule has 3 aromatic heterocycles. The lowest BCUT2D eigenvalue weighted by Crippen LogP contribution is -2.49. The van der Waals surface area contributed by atoms with Gasteiger partial charge in [0.1, 0.15) is 16.8 Å². The number of H-pyrrole nitrogens is 1. The number of amides is 3. The van der Waals surface area contributed by atoms with Gasteiger partial charge in [0.2, 0.25) is 11.8 Å². The van der Waals surface area contributed by atoms with Crippen LogP contribution in [-0.4, -0.2) is 69.4 Å². The summed E-state index contributed by atoms with van der Waals surface area (Å²) < 4.78 is 36.4. The molecule has 0 aliphatic carbocycles.